The van der Waals surface area contributed by atoms with Gasteiger partial charge in [-0.3, -0.25) is 18.7 Å². The predicted molar refractivity (Wildman–Crippen MR) is 111 cm³/mol. The normalized spacial score (nSPS) is 16.2. The molecule has 3 aromatic rings. The van der Waals surface area contributed by atoms with Crippen LogP contribution in [0.4, 0.5) is 0 Å². The van der Waals surface area contributed by atoms with Crippen LogP contribution >= 0.6 is 11.6 Å². The summed E-state index contributed by atoms with van der Waals surface area (Å²) in [4.78, 5) is 43.4. The second kappa shape index (κ2) is 7.95. The lowest BCUT2D eigenvalue weighted by molar-refractivity contribution is 0.0702. The Kier molecular flexibility index (Phi) is 5.34. The molecule has 0 radical (unpaired) electrons. The third kappa shape index (κ3) is 3.70. The van der Waals surface area contributed by atoms with E-state index in [9.17, 15) is 14.4 Å². The zero-order valence-corrected chi connectivity index (χ0v) is 17.4. The molecule has 0 aliphatic carbocycles. The largest absolute Gasteiger partial charge is 0.443 e. The van der Waals surface area contributed by atoms with Crippen LogP contribution < -0.4 is 11.2 Å². The Balaban J connectivity index is 1.58. The number of aromatic nitrogens is 3. The minimum Gasteiger partial charge on any atom is -0.443 e. The van der Waals surface area contributed by atoms with Crippen LogP contribution in [0.2, 0.25) is 5.02 Å². The molecule has 1 aliphatic rings. The number of amides is 1. The van der Waals surface area contributed by atoms with Crippen molar-refractivity contribution in [3.8, 4) is 0 Å². The molecule has 0 saturated carbocycles. The van der Waals surface area contributed by atoms with Gasteiger partial charge in [0.05, 0.1) is 6.20 Å². The van der Waals surface area contributed by atoms with E-state index in [4.69, 9.17) is 16.0 Å². The molecule has 2 aromatic heterocycles. The SMILES string of the molecule is Cn1c(C(=O)N2CCCC2c2ncc(Cc3ccc(Cl)cc3)o2)cc(=O)n(C)c1=O. The summed E-state index contributed by atoms with van der Waals surface area (Å²) >= 11 is 5.92. The highest BCUT2D eigenvalue weighted by Gasteiger charge is 2.35. The third-order valence-electron chi connectivity index (χ3n) is 5.41. The Morgan fingerprint density at radius 3 is 2.67 bits per heavy atom. The molecule has 8 nitrogen and oxygen atoms in total. The molecule has 1 saturated heterocycles. The molecule has 1 aromatic carbocycles. The highest BCUT2D eigenvalue weighted by molar-refractivity contribution is 6.30. The summed E-state index contributed by atoms with van der Waals surface area (Å²) in [5, 5.41) is 0.669. The van der Waals surface area contributed by atoms with E-state index < -0.39 is 11.2 Å². The van der Waals surface area contributed by atoms with E-state index >= 15 is 0 Å². The Morgan fingerprint density at radius 1 is 1.20 bits per heavy atom. The van der Waals surface area contributed by atoms with Crippen molar-refractivity contribution in [1.82, 2.24) is 19.0 Å². The molecular formula is C21H21ClN4O4. The van der Waals surface area contributed by atoms with E-state index in [0.717, 1.165) is 16.6 Å². The van der Waals surface area contributed by atoms with Gasteiger partial charge in [0.2, 0.25) is 5.89 Å². The third-order valence-corrected chi connectivity index (χ3v) is 5.66. The number of halogens is 1. The van der Waals surface area contributed by atoms with Crippen LogP contribution in [0, 0.1) is 0 Å². The number of hydrogen-bond donors (Lipinski definition) is 0. The fourth-order valence-corrected chi connectivity index (χ4v) is 3.84. The zero-order valence-electron chi connectivity index (χ0n) is 16.7. The lowest BCUT2D eigenvalue weighted by Crippen LogP contribution is -2.42. The van der Waals surface area contributed by atoms with Gasteiger partial charge in [-0.25, -0.2) is 9.78 Å². The van der Waals surface area contributed by atoms with E-state index in [1.807, 2.05) is 24.3 Å². The monoisotopic (exact) mass is 428 g/mol. The first-order valence-electron chi connectivity index (χ1n) is 9.62. The number of oxazole rings is 1. The van der Waals surface area contributed by atoms with Crippen molar-refractivity contribution in [2.75, 3.05) is 6.54 Å². The number of likely N-dealkylation sites (tertiary alicyclic amines) is 1. The molecular weight excluding hydrogens is 408 g/mol. The number of nitrogens with zero attached hydrogens (tertiary/aromatic N) is 4. The fourth-order valence-electron chi connectivity index (χ4n) is 3.71. The summed E-state index contributed by atoms with van der Waals surface area (Å²) in [6.07, 6.45) is 3.71. The second-order valence-corrected chi connectivity index (χ2v) is 7.83. The molecule has 1 amide bonds. The second-order valence-electron chi connectivity index (χ2n) is 7.39. The molecule has 156 valence electrons. The van der Waals surface area contributed by atoms with E-state index in [0.29, 0.717) is 36.1 Å². The van der Waals surface area contributed by atoms with Crippen molar-refractivity contribution in [1.29, 1.82) is 0 Å². The van der Waals surface area contributed by atoms with Gasteiger partial charge in [-0.2, -0.15) is 0 Å². The van der Waals surface area contributed by atoms with Crippen LogP contribution in [0.3, 0.4) is 0 Å². The van der Waals surface area contributed by atoms with E-state index in [1.54, 1.807) is 11.1 Å². The van der Waals surface area contributed by atoms with Crippen molar-refractivity contribution < 1.29 is 9.21 Å². The summed E-state index contributed by atoms with van der Waals surface area (Å²) in [7, 11) is 2.86. The van der Waals surface area contributed by atoms with Crippen LogP contribution in [-0.2, 0) is 20.5 Å². The van der Waals surface area contributed by atoms with Crippen molar-refractivity contribution in [2.24, 2.45) is 14.1 Å². The van der Waals surface area contributed by atoms with E-state index in [-0.39, 0.29) is 17.6 Å². The molecule has 1 aliphatic heterocycles. The van der Waals surface area contributed by atoms with Gasteiger partial charge in [-0.1, -0.05) is 23.7 Å². The first-order chi connectivity index (χ1) is 14.3. The van der Waals surface area contributed by atoms with Crippen LogP contribution in [0.1, 0.15) is 46.6 Å². The van der Waals surface area contributed by atoms with Crippen molar-refractivity contribution >= 4 is 17.5 Å². The molecule has 1 unspecified atom stereocenters. The van der Waals surface area contributed by atoms with Crippen molar-refractivity contribution in [3.63, 3.8) is 0 Å². The van der Waals surface area contributed by atoms with Crippen molar-refractivity contribution in [3.05, 3.63) is 85.3 Å². The van der Waals surface area contributed by atoms with Crippen LogP contribution in [0.15, 0.2) is 50.5 Å². The molecule has 1 atom stereocenters. The fraction of sp³-hybridized carbons (Fsp3) is 0.333. The van der Waals surface area contributed by atoms with Gasteiger partial charge in [-0.15, -0.1) is 0 Å². The zero-order chi connectivity index (χ0) is 21.4. The van der Waals surface area contributed by atoms with Gasteiger partial charge < -0.3 is 9.32 Å². The molecule has 9 heteroatoms. The first kappa shape index (κ1) is 20.2. The Labute approximate surface area is 177 Å². The molecule has 0 N–H and O–H groups in total. The number of rotatable bonds is 4. The smallest absolute Gasteiger partial charge is 0.331 e. The quantitative estimate of drug-likeness (QED) is 0.636. The molecule has 30 heavy (non-hydrogen) atoms. The first-order valence-corrected chi connectivity index (χ1v) is 10.00. The van der Waals surface area contributed by atoms with E-state index in [1.165, 1.54) is 24.7 Å². The van der Waals surface area contributed by atoms with Gasteiger partial charge in [-0.05, 0) is 30.5 Å². The summed E-state index contributed by atoms with van der Waals surface area (Å²) in [5.41, 5.74) is 0.0427. The van der Waals surface area contributed by atoms with Gasteiger partial charge in [0.25, 0.3) is 11.5 Å². The van der Waals surface area contributed by atoms with Gasteiger partial charge in [0.15, 0.2) is 0 Å². The van der Waals surface area contributed by atoms with Crippen LogP contribution in [-0.4, -0.2) is 31.5 Å². The number of carbonyl (C=O) groups excluding carboxylic acids is 1. The lowest BCUT2D eigenvalue weighted by atomic mass is 10.1. The molecule has 1 fully saturated rings. The average Bonchev–Trinajstić information content (AvgIpc) is 3.39. The van der Waals surface area contributed by atoms with E-state index in [2.05, 4.69) is 4.98 Å². The van der Waals surface area contributed by atoms with Crippen molar-refractivity contribution in [2.45, 2.75) is 25.3 Å². The highest BCUT2D eigenvalue weighted by Crippen LogP contribution is 2.33. The topological polar surface area (TPSA) is 90.3 Å². The number of hydrogen-bond acceptors (Lipinski definition) is 5. The minimum atomic E-state index is -0.539. The summed E-state index contributed by atoms with van der Waals surface area (Å²) in [5.74, 6) is 0.763. The Hall–Kier alpha value is -3.13. The maximum Gasteiger partial charge on any atom is 0.331 e. The maximum atomic E-state index is 13.1. The van der Waals surface area contributed by atoms with Gasteiger partial charge in [0, 0.05) is 38.1 Å². The number of carbonyl (C=O) groups is 1. The van der Waals surface area contributed by atoms with Crippen LogP contribution in [0.25, 0.3) is 0 Å². The summed E-state index contributed by atoms with van der Waals surface area (Å²) in [6, 6.07) is 8.34. The Bertz CT molecular complexity index is 1210. The predicted octanol–water partition coefficient (Wildman–Crippen LogP) is 2.29. The summed E-state index contributed by atoms with van der Waals surface area (Å²) in [6.45, 7) is 0.502. The van der Waals surface area contributed by atoms with Gasteiger partial charge >= 0.3 is 5.69 Å². The summed E-state index contributed by atoms with van der Waals surface area (Å²) < 4.78 is 8.11. The lowest BCUT2D eigenvalue weighted by Gasteiger charge is -2.23. The standard InChI is InChI=1S/C21H21ClN4O4/c1-24-17(11-18(27)25(2)21(24)29)20(28)26-9-3-4-16(26)19-23-12-15(30-19)10-13-5-7-14(22)8-6-13/h5-8,11-12,16H,3-4,9-10H2,1-2H3. The van der Waals surface area contributed by atoms with Crippen LogP contribution in [0.5, 0.6) is 0 Å². The minimum absolute atomic E-state index is 0.0583. The molecule has 3 heterocycles. The number of benzene rings is 1. The highest BCUT2D eigenvalue weighted by atomic mass is 35.5. The average molecular weight is 429 g/mol. The molecule has 4 rings (SSSR count). The molecule has 0 spiro atoms. The molecule has 0 bridgehead atoms. The Morgan fingerprint density at radius 2 is 1.93 bits per heavy atom. The van der Waals surface area contributed by atoms with Gasteiger partial charge in [0.1, 0.15) is 17.5 Å². The maximum absolute atomic E-state index is 13.1.